The van der Waals surface area contributed by atoms with Crippen LogP contribution < -0.4 is 10.9 Å². The number of ether oxygens (including phenoxy) is 1. The Morgan fingerprint density at radius 3 is 2.84 bits per heavy atom. The molecule has 3 aromatic rings. The van der Waals surface area contributed by atoms with Crippen LogP contribution in [-0.4, -0.2) is 40.2 Å². The van der Waals surface area contributed by atoms with Crippen molar-refractivity contribution in [1.29, 1.82) is 0 Å². The monoisotopic (exact) mass is 493 g/mol. The van der Waals surface area contributed by atoms with E-state index in [1.807, 2.05) is 13.0 Å². The Labute approximate surface area is 199 Å². The molecule has 2 aromatic heterocycles. The maximum Gasteiger partial charge on any atom is 0.262 e. The zero-order valence-corrected chi connectivity index (χ0v) is 20.2. The van der Waals surface area contributed by atoms with Gasteiger partial charge < -0.3 is 10.1 Å². The van der Waals surface area contributed by atoms with Gasteiger partial charge in [-0.25, -0.2) is 4.98 Å². The Balaban J connectivity index is 1.79. The van der Waals surface area contributed by atoms with E-state index in [-0.39, 0.29) is 23.0 Å². The zero-order valence-electron chi connectivity index (χ0n) is 17.9. The Bertz CT molecular complexity index is 1180. The Morgan fingerprint density at radius 2 is 2.09 bits per heavy atom. The quantitative estimate of drug-likeness (QED) is 0.187. The predicted octanol–water partition coefficient (Wildman–Crippen LogP) is 4.15. The van der Waals surface area contributed by atoms with E-state index < -0.39 is 0 Å². The first-order chi connectivity index (χ1) is 15.4. The molecule has 0 aliphatic carbocycles. The van der Waals surface area contributed by atoms with Gasteiger partial charge in [-0.15, -0.1) is 11.3 Å². The molecule has 2 heterocycles. The van der Waals surface area contributed by atoms with Crippen molar-refractivity contribution < 1.29 is 14.3 Å². The lowest BCUT2D eigenvalue weighted by molar-refractivity contribution is -0.119. The molecule has 7 nitrogen and oxygen atoms in total. The summed E-state index contributed by atoms with van der Waals surface area (Å²) in [6, 6.07) is 8.59. The van der Waals surface area contributed by atoms with Gasteiger partial charge in [0.1, 0.15) is 0 Å². The molecule has 0 spiro atoms. The second-order valence-corrected chi connectivity index (χ2v) is 9.50. The number of halogens is 1. The third-order valence-electron chi connectivity index (χ3n) is 4.54. The summed E-state index contributed by atoms with van der Waals surface area (Å²) < 4.78 is 6.99. The van der Waals surface area contributed by atoms with E-state index in [2.05, 4.69) is 10.3 Å². The third kappa shape index (κ3) is 6.41. The summed E-state index contributed by atoms with van der Waals surface area (Å²) in [5.74, 6) is -0.0358. The van der Waals surface area contributed by atoms with Crippen LogP contribution in [-0.2, 0) is 22.6 Å². The number of benzene rings is 1. The highest BCUT2D eigenvalue weighted by molar-refractivity contribution is 7.99. The minimum absolute atomic E-state index is 0.0598. The number of thiophene rings is 1. The number of thioether (sulfide) groups is 1. The molecule has 0 aliphatic heterocycles. The van der Waals surface area contributed by atoms with Crippen LogP contribution in [0.4, 0.5) is 0 Å². The molecule has 10 heteroatoms. The van der Waals surface area contributed by atoms with E-state index in [9.17, 15) is 14.4 Å². The topological polar surface area (TPSA) is 90.3 Å². The van der Waals surface area contributed by atoms with Crippen LogP contribution in [0.1, 0.15) is 34.8 Å². The molecule has 3 rings (SSSR count). The first kappa shape index (κ1) is 24.4. The highest BCUT2D eigenvalue weighted by Crippen LogP contribution is 2.24. The first-order valence-electron chi connectivity index (χ1n) is 10.2. The van der Waals surface area contributed by atoms with Crippen molar-refractivity contribution in [3.05, 3.63) is 55.5 Å². The number of hydrogen-bond acceptors (Lipinski definition) is 7. The fourth-order valence-corrected chi connectivity index (χ4v) is 5.04. The molecule has 1 aromatic carbocycles. The van der Waals surface area contributed by atoms with Crippen molar-refractivity contribution in [2.45, 2.75) is 38.5 Å². The minimum atomic E-state index is -0.160. The molecule has 32 heavy (non-hydrogen) atoms. The average molecular weight is 494 g/mol. The fraction of sp³-hybridized carbons (Fsp3) is 0.364. The van der Waals surface area contributed by atoms with E-state index in [1.54, 1.807) is 28.8 Å². The second-order valence-electron chi connectivity index (χ2n) is 6.95. The number of amides is 1. The van der Waals surface area contributed by atoms with Crippen molar-refractivity contribution in [3.63, 3.8) is 0 Å². The van der Waals surface area contributed by atoms with Gasteiger partial charge in [0.05, 0.1) is 28.1 Å². The van der Waals surface area contributed by atoms with Crippen LogP contribution in [0.5, 0.6) is 0 Å². The largest absolute Gasteiger partial charge is 0.382 e. The summed E-state index contributed by atoms with van der Waals surface area (Å²) in [4.78, 5) is 43.0. The number of hydrogen-bond donors (Lipinski definition) is 1. The van der Waals surface area contributed by atoms with Gasteiger partial charge in [-0.3, -0.25) is 19.0 Å². The smallest absolute Gasteiger partial charge is 0.262 e. The molecule has 0 radical (unpaired) electrons. The molecule has 0 aliphatic rings. The molecule has 0 bridgehead atoms. The van der Waals surface area contributed by atoms with Crippen LogP contribution in [0.25, 0.3) is 10.9 Å². The summed E-state index contributed by atoms with van der Waals surface area (Å²) in [5.41, 5.74) is 0.346. The molecule has 1 amide bonds. The lowest BCUT2D eigenvalue weighted by Crippen LogP contribution is -2.24. The van der Waals surface area contributed by atoms with E-state index >= 15 is 0 Å². The molecule has 0 unspecified atom stereocenters. The zero-order chi connectivity index (χ0) is 23.1. The second kappa shape index (κ2) is 11.6. The number of aromatic nitrogens is 2. The maximum absolute atomic E-state index is 13.1. The van der Waals surface area contributed by atoms with Crippen molar-refractivity contribution in [2.24, 2.45) is 0 Å². The molecule has 0 saturated heterocycles. The number of carbonyl (C=O) groups excluding carboxylic acids is 2. The first-order valence-corrected chi connectivity index (χ1v) is 12.3. The van der Waals surface area contributed by atoms with Gasteiger partial charge in [-0.2, -0.15) is 0 Å². The van der Waals surface area contributed by atoms with Crippen molar-refractivity contribution >= 4 is 57.3 Å². The molecule has 0 atom stereocenters. The average Bonchev–Trinajstić information content (AvgIpc) is 3.24. The molecule has 0 fully saturated rings. The minimum Gasteiger partial charge on any atom is -0.382 e. The molecule has 170 valence electrons. The van der Waals surface area contributed by atoms with Gasteiger partial charge in [0.25, 0.3) is 5.56 Å². The van der Waals surface area contributed by atoms with Gasteiger partial charge in [0.2, 0.25) is 5.91 Å². The maximum atomic E-state index is 13.1. The number of nitrogens with zero attached hydrogens (tertiary/aromatic N) is 2. The van der Waals surface area contributed by atoms with Crippen molar-refractivity contribution in [3.8, 4) is 0 Å². The highest BCUT2D eigenvalue weighted by Gasteiger charge is 2.16. The number of fused-ring (bicyclic) bond motifs is 1. The predicted molar refractivity (Wildman–Crippen MR) is 129 cm³/mol. The van der Waals surface area contributed by atoms with E-state index in [1.165, 1.54) is 30.0 Å². The summed E-state index contributed by atoms with van der Waals surface area (Å²) in [6.07, 6.45) is 0.660. The third-order valence-corrected chi connectivity index (χ3v) is 6.88. The number of rotatable bonds is 11. The molecular weight excluding hydrogens is 470 g/mol. The van der Waals surface area contributed by atoms with Gasteiger partial charge >= 0.3 is 0 Å². The van der Waals surface area contributed by atoms with Crippen molar-refractivity contribution in [2.75, 3.05) is 19.0 Å². The van der Waals surface area contributed by atoms with Gasteiger partial charge in [0.15, 0.2) is 10.9 Å². The van der Waals surface area contributed by atoms with Crippen LogP contribution in [0.3, 0.4) is 0 Å². The Kier molecular flexibility index (Phi) is 8.86. The van der Waals surface area contributed by atoms with Crippen LogP contribution in [0, 0.1) is 0 Å². The van der Waals surface area contributed by atoms with Crippen LogP contribution >= 0.6 is 34.7 Å². The van der Waals surface area contributed by atoms with Gasteiger partial charge in [0, 0.05) is 36.6 Å². The number of Topliss-reactive ketones (excluding diaryl/α,β-unsaturated/α-hetero) is 1. The highest BCUT2D eigenvalue weighted by atomic mass is 35.5. The number of nitrogens with one attached hydrogen (secondary N) is 1. The standard InChI is InChI=1S/C22H24ClN3O4S2/c1-3-30-10-4-9-26-21(29)17-7-5-15(23)11-18(17)25-22(26)31-13-19(28)20-8-6-16(32-20)12-24-14(2)27/h5-8,11H,3-4,9-10,12-13H2,1-2H3,(H,24,27). The van der Waals surface area contributed by atoms with E-state index in [4.69, 9.17) is 16.3 Å². The molecule has 0 saturated carbocycles. The number of ketones is 1. The summed E-state index contributed by atoms with van der Waals surface area (Å²) in [5, 5.41) is 4.18. The normalized spacial score (nSPS) is 11.1. The van der Waals surface area contributed by atoms with Crippen LogP contribution in [0.2, 0.25) is 5.02 Å². The SMILES string of the molecule is CCOCCCn1c(SCC(=O)c2ccc(CNC(C)=O)s2)nc2cc(Cl)ccc2c1=O. The summed E-state index contributed by atoms with van der Waals surface area (Å²) in [7, 11) is 0. The Morgan fingerprint density at radius 1 is 1.28 bits per heavy atom. The molecule has 1 N–H and O–H groups in total. The lowest BCUT2D eigenvalue weighted by Gasteiger charge is -2.13. The van der Waals surface area contributed by atoms with Crippen LogP contribution in [0.15, 0.2) is 40.3 Å². The summed E-state index contributed by atoms with van der Waals surface area (Å²) in [6.45, 7) is 5.37. The van der Waals surface area contributed by atoms with Gasteiger partial charge in [-0.1, -0.05) is 23.4 Å². The molecular formula is C22H24ClN3O4S2. The summed E-state index contributed by atoms with van der Waals surface area (Å²) >= 11 is 8.67. The van der Waals surface area contributed by atoms with Gasteiger partial charge in [-0.05, 0) is 43.7 Å². The number of carbonyl (C=O) groups is 2. The van der Waals surface area contributed by atoms with E-state index in [0.29, 0.717) is 58.7 Å². The lowest BCUT2D eigenvalue weighted by atomic mass is 10.2. The Hall–Kier alpha value is -2.20. The van der Waals surface area contributed by atoms with E-state index in [0.717, 1.165) is 4.88 Å². The fourth-order valence-electron chi connectivity index (χ4n) is 2.99. The van der Waals surface area contributed by atoms with Crippen molar-refractivity contribution in [1.82, 2.24) is 14.9 Å².